The number of rotatable bonds is 5. The Hall–Kier alpha value is -2.53. The molecular weight excluding hydrogens is 362 g/mol. The Bertz CT molecular complexity index is 815. The number of nitrogens with one attached hydrogen (secondary N) is 2. The maximum absolute atomic E-state index is 12.6. The fourth-order valence-electron chi connectivity index (χ4n) is 3.09. The first-order chi connectivity index (χ1) is 13.0. The molecule has 142 valence electrons. The molecule has 3 rings (SSSR count). The van der Waals surface area contributed by atoms with Gasteiger partial charge in [-0.2, -0.15) is 0 Å². The van der Waals surface area contributed by atoms with Gasteiger partial charge in [-0.25, -0.2) is 0 Å². The maximum atomic E-state index is 12.6. The molecule has 1 aliphatic rings. The Kier molecular flexibility index (Phi) is 6.35. The fraction of sp³-hybridized carbons (Fsp3) is 0.333. The van der Waals surface area contributed by atoms with E-state index < -0.39 is 0 Å². The number of anilines is 2. The molecule has 1 saturated heterocycles. The Morgan fingerprint density at radius 1 is 1.04 bits per heavy atom. The summed E-state index contributed by atoms with van der Waals surface area (Å²) in [7, 11) is 0. The number of nitrogens with zero attached hydrogens (tertiary/aromatic N) is 1. The van der Waals surface area contributed by atoms with Crippen LogP contribution >= 0.6 is 11.6 Å². The summed E-state index contributed by atoms with van der Waals surface area (Å²) in [6.45, 7) is 3.65. The number of piperidine rings is 1. The third-order valence-corrected chi connectivity index (χ3v) is 4.96. The van der Waals surface area contributed by atoms with E-state index in [4.69, 9.17) is 11.6 Å². The van der Waals surface area contributed by atoms with Gasteiger partial charge in [0, 0.05) is 24.3 Å². The van der Waals surface area contributed by atoms with Crippen LogP contribution in [-0.4, -0.2) is 36.3 Å². The highest BCUT2D eigenvalue weighted by atomic mass is 35.5. The van der Waals surface area contributed by atoms with E-state index in [9.17, 15) is 9.59 Å². The highest BCUT2D eigenvalue weighted by Gasteiger charge is 2.19. The number of amides is 2. The van der Waals surface area contributed by atoms with Gasteiger partial charge in [-0.3, -0.25) is 9.59 Å². The van der Waals surface area contributed by atoms with Crippen molar-refractivity contribution in [2.75, 3.05) is 30.3 Å². The molecule has 0 unspecified atom stereocenters. The molecular formula is C21H24ClN3O2. The molecule has 2 N–H and O–H groups in total. The van der Waals surface area contributed by atoms with Crippen LogP contribution in [0.4, 0.5) is 11.4 Å². The quantitative estimate of drug-likeness (QED) is 0.805. The second-order valence-corrected chi connectivity index (χ2v) is 7.22. The molecule has 1 heterocycles. The van der Waals surface area contributed by atoms with Crippen molar-refractivity contribution in [2.45, 2.75) is 26.2 Å². The number of halogens is 1. The molecule has 0 saturated carbocycles. The van der Waals surface area contributed by atoms with Gasteiger partial charge >= 0.3 is 0 Å². The molecule has 27 heavy (non-hydrogen) atoms. The lowest BCUT2D eigenvalue weighted by atomic mass is 10.1. The molecule has 0 radical (unpaired) electrons. The van der Waals surface area contributed by atoms with Gasteiger partial charge in [-0.1, -0.05) is 29.3 Å². The van der Waals surface area contributed by atoms with Crippen molar-refractivity contribution in [1.29, 1.82) is 0 Å². The molecule has 0 atom stereocenters. The molecule has 2 aromatic carbocycles. The summed E-state index contributed by atoms with van der Waals surface area (Å²) in [5.74, 6) is -0.166. The SMILES string of the molecule is Cc1ccc(NC(=O)CNc2cc(C(=O)N3CCCCC3)ccc2Cl)cc1. The zero-order valence-electron chi connectivity index (χ0n) is 15.4. The summed E-state index contributed by atoms with van der Waals surface area (Å²) in [5.41, 5.74) is 3.04. The predicted octanol–water partition coefficient (Wildman–Crippen LogP) is 4.33. The zero-order valence-corrected chi connectivity index (χ0v) is 16.2. The Labute approximate surface area is 164 Å². The second kappa shape index (κ2) is 8.91. The first-order valence-electron chi connectivity index (χ1n) is 9.22. The smallest absolute Gasteiger partial charge is 0.253 e. The van der Waals surface area contributed by atoms with Crippen molar-refractivity contribution in [2.24, 2.45) is 0 Å². The lowest BCUT2D eigenvalue weighted by Gasteiger charge is -2.27. The van der Waals surface area contributed by atoms with E-state index in [1.165, 1.54) is 6.42 Å². The number of benzene rings is 2. The summed E-state index contributed by atoms with van der Waals surface area (Å²) in [5, 5.41) is 6.34. The molecule has 6 heteroatoms. The summed E-state index contributed by atoms with van der Waals surface area (Å²) in [6.07, 6.45) is 3.26. The summed E-state index contributed by atoms with van der Waals surface area (Å²) >= 11 is 6.23. The van der Waals surface area contributed by atoms with E-state index in [0.29, 0.717) is 16.3 Å². The van der Waals surface area contributed by atoms with Crippen molar-refractivity contribution in [3.05, 3.63) is 58.6 Å². The highest BCUT2D eigenvalue weighted by molar-refractivity contribution is 6.33. The van der Waals surface area contributed by atoms with E-state index in [2.05, 4.69) is 10.6 Å². The normalized spacial score (nSPS) is 13.9. The van der Waals surface area contributed by atoms with Gasteiger partial charge in [-0.05, 0) is 56.5 Å². The van der Waals surface area contributed by atoms with Crippen LogP contribution in [0.5, 0.6) is 0 Å². The lowest BCUT2D eigenvalue weighted by molar-refractivity contribution is -0.114. The highest BCUT2D eigenvalue weighted by Crippen LogP contribution is 2.24. The van der Waals surface area contributed by atoms with E-state index in [0.717, 1.165) is 37.2 Å². The van der Waals surface area contributed by atoms with Crippen LogP contribution in [0.2, 0.25) is 5.02 Å². The number of aryl methyl sites for hydroxylation is 1. The van der Waals surface area contributed by atoms with Crippen molar-refractivity contribution in [3.8, 4) is 0 Å². The predicted molar refractivity (Wildman–Crippen MR) is 110 cm³/mol. The largest absolute Gasteiger partial charge is 0.375 e. The number of carbonyl (C=O) groups is 2. The molecule has 1 aliphatic heterocycles. The van der Waals surface area contributed by atoms with Gasteiger partial charge in [0.2, 0.25) is 5.91 Å². The monoisotopic (exact) mass is 385 g/mol. The number of hydrogen-bond acceptors (Lipinski definition) is 3. The van der Waals surface area contributed by atoms with Crippen LogP contribution < -0.4 is 10.6 Å². The molecule has 5 nitrogen and oxygen atoms in total. The molecule has 2 amide bonds. The van der Waals surface area contributed by atoms with E-state index in [1.807, 2.05) is 36.1 Å². The Balaban J connectivity index is 1.61. The van der Waals surface area contributed by atoms with Crippen molar-refractivity contribution in [3.63, 3.8) is 0 Å². The van der Waals surface area contributed by atoms with Crippen LogP contribution in [-0.2, 0) is 4.79 Å². The number of hydrogen-bond donors (Lipinski definition) is 2. The van der Waals surface area contributed by atoms with E-state index in [1.54, 1.807) is 18.2 Å². The van der Waals surface area contributed by atoms with Crippen molar-refractivity contribution >= 4 is 34.8 Å². The molecule has 0 aliphatic carbocycles. The van der Waals surface area contributed by atoms with Gasteiger partial charge < -0.3 is 15.5 Å². The van der Waals surface area contributed by atoms with Gasteiger partial charge in [0.15, 0.2) is 0 Å². The van der Waals surface area contributed by atoms with Crippen molar-refractivity contribution < 1.29 is 9.59 Å². The van der Waals surface area contributed by atoms with Crippen LogP contribution in [0.25, 0.3) is 0 Å². The third-order valence-electron chi connectivity index (χ3n) is 4.63. The summed E-state index contributed by atoms with van der Waals surface area (Å²) in [4.78, 5) is 26.7. The second-order valence-electron chi connectivity index (χ2n) is 6.82. The van der Waals surface area contributed by atoms with Crippen molar-refractivity contribution in [1.82, 2.24) is 4.90 Å². The Morgan fingerprint density at radius 2 is 1.74 bits per heavy atom. The Morgan fingerprint density at radius 3 is 2.44 bits per heavy atom. The van der Waals surface area contributed by atoms with Crippen LogP contribution in [0.15, 0.2) is 42.5 Å². The minimum Gasteiger partial charge on any atom is -0.375 e. The maximum Gasteiger partial charge on any atom is 0.253 e. The first kappa shape index (κ1) is 19.2. The summed E-state index contributed by atoms with van der Waals surface area (Å²) in [6, 6.07) is 12.7. The minimum absolute atomic E-state index is 0.0125. The van der Waals surface area contributed by atoms with Gasteiger partial charge in [0.05, 0.1) is 17.3 Å². The van der Waals surface area contributed by atoms with Gasteiger partial charge in [0.25, 0.3) is 5.91 Å². The zero-order chi connectivity index (χ0) is 19.2. The molecule has 0 bridgehead atoms. The topological polar surface area (TPSA) is 61.4 Å². The minimum atomic E-state index is -0.178. The van der Waals surface area contributed by atoms with Gasteiger partial charge in [-0.15, -0.1) is 0 Å². The lowest BCUT2D eigenvalue weighted by Crippen LogP contribution is -2.35. The number of likely N-dealkylation sites (tertiary alicyclic amines) is 1. The third kappa shape index (κ3) is 5.23. The standard InChI is InChI=1S/C21H24ClN3O2/c1-15-5-8-17(9-6-15)24-20(26)14-23-19-13-16(7-10-18(19)22)21(27)25-11-3-2-4-12-25/h5-10,13,23H,2-4,11-12,14H2,1H3,(H,24,26). The summed E-state index contributed by atoms with van der Waals surface area (Å²) < 4.78 is 0. The van der Waals surface area contributed by atoms with E-state index >= 15 is 0 Å². The van der Waals surface area contributed by atoms with Crippen LogP contribution in [0.3, 0.4) is 0 Å². The van der Waals surface area contributed by atoms with Crippen LogP contribution in [0.1, 0.15) is 35.2 Å². The first-order valence-corrected chi connectivity index (χ1v) is 9.60. The number of carbonyl (C=O) groups excluding carboxylic acids is 2. The van der Waals surface area contributed by atoms with Crippen LogP contribution in [0, 0.1) is 6.92 Å². The molecule has 0 aromatic heterocycles. The molecule has 0 spiro atoms. The average Bonchev–Trinajstić information content (AvgIpc) is 2.69. The molecule has 2 aromatic rings. The fourth-order valence-corrected chi connectivity index (χ4v) is 3.28. The molecule has 1 fully saturated rings. The van der Waals surface area contributed by atoms with Gasteiger partial charge in [0.1, 0.15) is 0 Å². The average molecular weight is 386 g/mol. The van der Waals surface area contributed by atoms with E-state index in [-0.39, 0.29) is 18.4 Å².